The number of carbonyl (C=O) groups is 1. The van der Waals surface area contributed by atoms with Gasteiger partial charge in [0, 0.05) is 12.0 Å². The number of nitrogens with zero attached hydrogens (tertiary/aromatic N) is 1. The van der Waals surface area contributed by atoms with Crippen molar-refractivity contribution in [3.05, 3.63) is 47.3 Å². The second kappa shape index (κ2) is 6.22. The van der Waals surface area contributed by atoms with E-state index in [4.69, 9.17) is 9.26 Å². The average Bonchev–Trinajstić information content (AvgIpc) is 3.25. The zero-order valence-corrected chi connectivity index (χ0v) is 12.8. The van der Waals surface area contributed by atoms with Crippen LogP contribution in [0.25, 0.3) is 0 Å². The summed E-state index contributed by atoms with van der Waals surface area (Å²) in [4.78, 5) is 12.2. The van der Waals surface area contributed by atoms with Gasteiger partial charge in [0.15, 0.2) is 5.69 Å². The van der Waals surface area contributed by atoms with Gasteiger partial charge in [-0.25, -0.2) is 0 Å². The minimum Gasteiger partial charge on any atom is -0.494 e. The Morgan fingerprint density at radius 2 is 2.14 bits per heavy atom. The van der Waals surface area contributed by atoms with Gasteiger partial charge in [-0.1, -0.05) is 17.3 Å². The van der Waals surface area contributed by atoms with E-state index in [0.29, 0.717) is 18.2 Å². The first-order chi connectivity index (χ1) is 10.7. The summed E-state index contributed by atoms with van der Waals surface area (Å²) in [6, 6.07) is 9.36. The van der Waals surface area contributed by atoms with Gasteiger partial charge in [0.2, 0.25) is 0 Å². The van der Waals surface area contributed by atoms with Crippen molar-refractivity contribution in [2.75, 3.05) is 6.61 Å². The number of amides is 1. The smallest absolute Gasteiger partial charge is 0.273 e. The molecule has 1 aromatic carbocycles. The van der Waals surface area contributed by atoms with E-state index >= 15 is 0 Å². The lowest BCUT2D eigenvalue weighted by molar-refractivity contribution is 0.0930. The maximum Gasteiger partial charge on any atom is 0.273 e. The summed E-state index contributed by atoms with van der Waals surface area (Å²) in [5, 5.41) is 6.79. The van der Waals surface area contributed by atoms with Gasteiger partial charge in [0.25, 0.3) is 5.91 Å². The van der Waals surface area contributed by atoms with Crippen LogP contribution < -0.4 is 10.1 Å². The van der Waals surface area contributed by atoms with E-state index in [1.54, 1.807) is 6.07 Å². The van der Waals surface area contributed by atoms with E-state index < -0.39 is 0 Å². The quantitative estimate of drug-likeness (QED) is 0.887. The highest BCUT2D eigenvalue weighted by molar-refractivity contribution is 5.92. The first-order valence-electron chi connectivity index (χ1n) is 7.67. The molecule has 1 aliphatic carbocycles. The van der Waals surface area contributed by atoms with Gasteiger partial charge in [-0.05, 0) is 44.4 Å². The van der Waals surface area contributed by atoms with Crippen molar-refractivity contribution in [2.24, 2.45) is 0 Å². The first-order valence-corrected chi connectivity index (χ1v) is 7.67. The zero-order chi connectivity index (χ0) is 15.5. The average molecular weight is 300 g/mol. The fraction of sp³-hybridized carbons (Fsp3) is 0.412. The number of nitrogens with one attached hydrogen (secondary N) is 1. The summed E-state index contributed by atoms with van der Waals surface area (Å²) in [5.74, 6) is 1.89. The molecule has 1 saturated carbocycles. The van der Waals surface area contributed by atoms with Gasteiger partial charge < -0.3 is 14.6 Å². The van der Waals surface area contributed by atoms with Crippen molar-refractivity contribution in [3.8, 4) is 5.75 Å². The van der Waals surface area contributed by atoms with Crippen LogP contribution in [0.2, 0.25) is 0 Å². The Bertz CT molecular complexity index is 644. The molecule has 1 aliphatic rings. The molecule has 5 heteroatoms. The van der Waals surface area contributed by atoms with Crippen LogP contribution in [-0.4, -0.2) is 17.7 Å². The van der Waals surface area contributed by atoms with Crippen LogP contribution in [0.1, 0.15) is 60.5 Å². The molecular weight excluding hydrogens is 280 g/mol. The lowest BCUT2D eigenvalue weighted by Crippen LogP contribution is -2.26. The van der Waals surface area contributed by atoms with E-state index in [0.717, 1.165) is 29.9 Å². The highest BCUT2D eigenvalue weighted by Crippen LogP contribution is 2.40. The molecule has 0 aliphatic heterocycles. The summed E-state index contributed by atoms with van der Waals surface area (Å²) < 4.78 is 10.6. The minimum absolute atomic E-state index is 0.107. The standard InChI is InChI=1S/C17H20N2O3/c1-3-21-14-8-6-12(7-9-14)11(2)18-17(20)15-10-16(22-19-15)13-4-5-13/h6-11,13H,3-5H2,1-2H3,(H,18,20). The molecule has 0 radical (unpaired) electrons. The highest BCUT2D eigenvalue weighted by Gasteiger charge is 2.29. The molecule has 1 aromatic heterocycles. The molecule has 0 saturated heterocycles. The van der Waals surface area contributed by atoms with Gasteiger partial charge in [0.1, 0.15) is 11.5 Å². The van der Waals surface area contributed by atoms with Crippen molar-refractivity contribution >= 4 is 5.91 Å². The third kappa shape index (κ3) is 3.30. The maximum atomic E-state index is 12.2. The summed E-state index contributed by atoms with van der Waals surface area (Å²) >= 11 is 0. The molecule has 1 unspecified atom stereocenters. The van der Waals surface area contributed by atoms with Gasteiger partial charge in [-0.2, -0.15) is 0 Å². The van der Waals surface area contributed by atoms with Crippen LogP contribution in [0.4, 0.5) is 0 Å². The molecule has 1 fully saturated rings. The molecule has 1 amide bonds. The van der Waals surface area contributed by atoms with Gasteiger partial charge >= 0.3 is 0 Å². The van der Waals surface area contributed by atoms with E-state index in [1.807, 2.05) is 38.1 Å². The predicted octanol–water partition coefficient (Wildman–Crippen LogP) is 3.44. The van der Waals surface area contributed by atoms with Gasteiger partial charge in [0.05, 0.1) is 12.6 Å². The summed E-state index contributed by atoms with van der Waals surface area (Å²) in [5.41, 5.74) is 1.36. The topological polar surface area (TPSA) is 64.4 Å². The van der Waals surface area contributed by atoms with E-state index in [2.05, 4.69) is 10.5 Å². The van der Waals surface area contributed by atoms with Crippen molar-refractivity contribution in [1.29, 1.82) is 0 Å². The molecular formula is C17H20N2O3. The number of hydrogen-bond acceptors (Lipinski definition) is 4. The number of hydrogen-bond donors (Lipinski definition) is 1. The Morgan fingerprint density at radius 1 is 1.41 bits per heavy atom. The number of ether oxygens (including phenoxy) is 1. The van der Waals surface area contributed by atoms with Crippen molar-refractivity contribution in [3.63, 3.8) is 0 Å². The molecule has 0 bridgehead atoms. The van der Waals surface area contributed by atoms with E-state index in [1.165, 1.54) is 0 Å². The molecule has 3 rings (SSSR count). The molecule has 0 spiro atoms. The monoisotopic (exact) mass is 300 g/mol. The lowest BCUT2D eigenvalue weighted by atomic mass is 10.1. The molecule has 116 valence electrons. The summed E-state index contributed by atoms with van der Waals surface area (Å²) in [6.45, 7) is 4.53. The number of benzene rings is 1. The third-order valence-electron chi connectivity index (χ3n) is 3.78. The Hall–Kier alpha value is -2.30. The van der Waals surface area contributed by atoms with Crippen LogP contribution in [0, 0.1) is 0 Å². The van der Waals surface area contributed by atoms with Crippen LogP contribution in [0.5, 0.6) is 5.75 Å². The molecule has 1 heterocycles. The summed E-state index contributed by atoms with van der Waals surface area (Å²) in [7, 11) is 0. The van der Waals surface area contributed by atoms with Crippen molar-refractivity contribution in [1.82, 2.24) is 10.5 Å². The third-order valence-corrected chi connectivity index (χ3v) is 3.78. The van der Waals surface area contributed by atoms with Crippen LogP contribution in [0.15, 0.2) is 34.9 Å². The Kier molecular flexibility index (Phi) is 4.13. The molecule has 2 aromatic rings. The molecule has 22 heavy (non-hydrogen) atoms. The van der Waals surface area contributed by atoms with E-state index in [-0.39, 0.29) is 11.9 Å². The SMILES string of the molecule is CCOc1ccc(C(C)NC(=O)c2cc(C3CC3)on2)cc1. The fourth-order valence-corrected chi connectivity index (χ4v) is 2.33. The van der Waals surface area contributed by atoms with Gasteiger partial charge in [-0.15, -0.1) is 0 Å². The van der Waals surface area contributed by atoms with Crippen LogP contribution in [-0.2, 0) is 0 Å². The predicted molar refractivity (Wildman–Crippen MR) is 82.0 cm³/mol. The van der Waals surface area contributed by atoms with Crippen molar-refractivity contribution < 1.29 is 14.1 Å². The number of carbonyl (C=O) groups excluding carboxylic acids is 1. The van der Waals surface area contributed by atoms with E-state index in [9.17, 15) is 4.79 Å². The Labute approximate surface area is 129 Å². The van der Waals surface area contributed by atoms with Gasteiger partial charge in [-0.3, -0.25) is 4.79 Å². The second-order valence-electron chi connectivity index (χ2n) is 5.59. The number of rotatable bonds is 6. The molecule has 1 atom stereocenters. The molecule has 1 N–H and O–H groups in total. The Balaban J connectivity index is 1.61. The summed E-state index contributed by atoms with van der Waals surface area (Å²) in [6.07, 6.45) is 2.25. The van der Waals surface area contributed by atoms with Crippen LogP contribution in [0.3, 0.4) is 0 Å². The van der Waals surface area contributed by atoms with Crippen molar-refractivity contribution in [2.45, 2.75) is 38.6 Å². The zero-order valence-electron chi connectivity index (χ0n) is 12.8. The minimum atomic E-state index is -0.211. The first kappa shape index (κ1) is 14.6. The molecule has 5 nitrogen and oxygen atoms in total. The second-order valence-corrected chi connectivity index (χ2v) is 5.59. The highest BCUT2D eigenvalue weighted by atomic mass is 16.5. The van der Waals surface area contributed by atoms with Crippen LogP contribution >= 0.6 is 0 Å². The normalized spacial score (nSPS) is 15.4. The number of aromatic nitrogens is 1. The fourth-order valence-electron chi connectivity index (χ4n) is 2.33. The largest absolute Gasteiger partial charge is 0.494 e. The maximum absolute atomic E-state index is 12.2. The lowest BCUT2D eigenvalue weighted by Gasteiger charge is -2.14. The Morgan fingerprint density at radius 3 is 2.77 bits per heavy atom.